The van der Waals surface area contributed by atoms with Gasteiger partial charge in [-0.05, 0) is 54.3 Å². The van der Waals surface area contributed by atoms with Crippen LogP contribution >= 0.6 is 15.9 Å². The van der Waals surface area contributed by atoms with E-state index in [0.29, 0.717) is 30.9 Å². The fourth-order valence-corrected chi connectivity index (χ4v) is 4.82. The summed E-state index contributed by atoms with van der Waals surface area (Å²) in [5, 5.41) is 0. The van der Waals surface area contributed by atoms with Crippen molar-refractivity contribution in [3.63, 3.8) is 0 Å². The van der Waals surface area contributed by atoms with E-state index in [1.165, 1.54) is 12.1 Å². The third-order valence-corrected chi connectivity index (χ3v) is 6.89. The summed E-state index contributed by atoms with van der Waals surface area (Å²) in [7, 11) is -4.11. The summed E-state index contributed by atoms with van der Waals surface area (Å²) in [6.45, 7) is 4.57. The van der Waals surface area contributed by atoms with E-state index in [1.807, 2.05) is 11.8 Å². The minimum absolute atomic E-state index is 0.0409. The van der Waals surface area contributed by atoms with Crippen molar-refractivity contribution in [1.82, 2.24) is 9.80 Å². The predicted octanol–water partition coefficient (Wildman–Crippen LogP) is 3.52. The number of benzene rings is 2. The normalized spacial score (nSPS) is 17.2. The lowest BCUT2D eigenvalue weighted by molar-refractivity contribution is -0.138. The zero-order valence-corrected chi connectivity index (χ0v) is 20.8. The van der Waals surface area contributed by atoms with Crippen LogP contribution in [0, 0.1) is 5.82 Å². The molecule has 0 saturated carbocycles. The quantitative estimate of drug-likeness (QED) is 0.488. The van der Waals surface area contributed by atoms with Crippen LogP contribution in [0.5, 0.6) is 5.75 Å². The Morgan fingerprint density at radius 1 is 1.21 bits per heavy atom. The SMILES string of the molecule is CC[C@@H]1CN(Cc2ccc(F)cc2)CCN1C(=O)COc1ccc(Br)cc1CCS(=O)(=O)O. The second-order valence-corrected chi connectivity index (χ2v) is 10.6. The molecule has 1 atom stereocenters. The highest BCUT2D eigenvalue weighted by Gasteiger charge is 2.29. The monoisotopic (exact) mass is 542 g/mol. The van der Waals surface area contributed by atoms with Crippen molar-refractivity contribution in [2.75, 3.05) is 32.0 Å². The molecule has 33 heavy (non-hydrogen) atoms. The second-order valence-electron chi connectivity index (χ2n) is 8.09. The van der Waals surface area contributed by atoms with Crippen LogP contribution in [-0.4, -0.2) is 66.7 Å². The number of nitrogens with zero attached hydrogens (tertiary/aromatic N) is 2. The number of carbonyl (C=O) groups is 1. The number of aryl methyl sites for hydroxylation is 1. The molecule has 180 valence electrons. The summed E-state index contributed by atoms with van der Waals surface area (Å²) in [5.74, 6) is -0.403. The van der Waals surface area contributed by atoms with Crippen molar-refractivity contribution in [3.8, 4) is 5.75 Å². The molecule has 1 N–H and O–H groups in total. The van der Waals surface area contributed by atoms with Gasteiger partial charge >= 0.3 is 0 Å². The Hall–Kier alpha value is -2.01. The summed E-state index contributed by atoms with van der Waals surface area (Å²) in [5.41, 5.74) is 1.62. The molecular formula is C23H28BrFN2O5S. The molecule has 0 radical (unpaired) electrons. The maximum atomic E-state index is 13.1. The Morgan fingerprint density at radius 2 is 1.94 bits per heavy atom. The zero-order chi connectivity index (χ0) is 24.0. The molecule has 2 aromatic carbocycles. The first-order valence-electron chi connectivity index (χ1n) is 10.8. The largest absolute Gasteiger partial charge is 0.483 e. The molecule has 3 rings (SSSR count). The molecule has 7 nitrogen and oxygen atoms in total. The number of hydrogen-bond donors (Lipinski definition) is 1. The predicted molar refractivity (Wildman–Crippen MR) is 127 cm³/mol. The van der Waals surface area contributed by atoms with E-state index < -0.39 is 15.9 Å². The van der Waals surface area contributed by atoms with E-state index >= 15 is 0 Å². The molecule has 10 heteroatoms. The molecule has 1 saturated heterocycles. The number of hydrogen-bond acceptors (Lipinski definition) is 5. The number of rotatable bonds is 9. The molecule has 1 aliphatic rings. The standard InChI is InChI=1S/C23H28BrFN2O5S/c1-2-21-15-26(14-17-3-6-20(25)7-4-17)10-11-27(21)23(28)16-32-22-8-5-19(24)13-18(22)9-12-33(29,30)31/h3-8,13,21H,2,9-12,14-16H2,1H3,(H,29,30,31)/t21-/m1/s1. The minimum atomic E-state index is -4.11. The zero-order valence-electron chi connectivity index (χ0n) is 18.4. The average molecular weight is 543 g/mol. The Balaban J connectivity index is 1.58. The molecule has 1 aliphatic heterocycles. The van der Waals surface area contributed by atoms with E-state index in [9.17, 15) is 17.6 Å². The highest BCUT2D eigenvalue weighted by atomic mass is 79.9. The van der Waals surface area contributed by atoms with E-state index in [4.69, 9.17) is 9.29 Å². The summed E-state index contributed by atoms with van der Waals surface area (Å²) in [6, 6.07) is 11.6. The van der Waals surface area contributed by atoms with Gasteiger partial charge in [-0.1, -0.05) is 35.0 Å². The van der Waals surface area contributed by atoms with Gasteiger partial charge < -0.3 is 9.64 Å². The Morgan fingerprint density at radius 3 is 2.61 bits per heavy atom. The topological polar surface area (TPSA) is 87.2 Å². The Kier molecular flexibility index (Phi) is 8.86. The van der Waals surface area contributed by atoms with Gasteiger partial charge in [-0.3, -0.25) is 14.2 Å². The molecule has 1 heterocycles. The second kappa shape index (κ2) is 11.4. The van der Waals surface area contributed by atoms with Crippen LogP contribution in [0.25, 0.3) is 0 Å². The van der Waals surface area contributed by atoms with E-state index in [1.54, 1.807) is 30.3 Å². The van der Waals surface area contributed by atoms with Crippen LogP contribution < -0.4 is 4.74 Å². The highest BCUT2D eigenvalue weighted by Crippen LogP contribution is 2.25. The Labute approximate surface area is 202 Å². The summed E-state index contributed by atoms with van der Waals surface area (Å²) >= 11 is 3.34. The molecule has 1 amide bonds. The summed E-state index contributed by atoms with van der Waals surface area (Å²) < 4.78 is 50.9. The maximum Gasteiger partial charge on any atom is 0.265 e. The fourth-order valence-electron chi connectivity index (χ4n) is 3.93. The molecule has 0 aromatic heterocycles. The number of halogens is 2. The third-order valence-electron chi connectivity index (χ3n) is 5.68. The lowest BCUT2D eigenvalue weighted by Gasteiger charge is -2.41. The lowest BCUT2D eigenvalue weighted by atomic mass is 10.1. The Bertz CT molecular complexity index is 1070. The van der Waals surface area contributed by atoms with Crippen molar-refractivity contribution in [2.24, 2.45) is 0 Å². The van der Waals surface area contributed by atoms with Gasteiger partial charge in [-0.25, -0.2) is 4.39 Å². The molecule has 0 aliphatic carbocycles. The third kappa shape index (κ3) is 7.77. The first-order valence-corrected chi connectivity index (χ1v) is 13.2. The van der Waals surface area contributed by atoms with Gasteiger partial charge in [-0.2, -0.15) is 8.42 Å². The van der Waals surface area contributed by atoms with Crippen LogP contribution in [-0.2, 0) is 27.9 Å². The van der Waals surface area contributed by atoms with Crippen LogP contribution in [0.2, 0.25) is 0 Å². The van der Waals surface area contributed by atoms with Crippen molar-refractivity contribution < 1.29 is 26.9 Å². The number of amides is 1. The summed E-state index contributed by atoms with van der Waals surface area (Å²) in [6.07, 6.45) is 0.866. The molecule has 0 unspecified atom stereocenters. The molecule has 2 aromatic rings. The first-order chi connectivity index (χ1) is 15.6. The highest BCUT2D eigenvalue weighted by molar-refractivity contribution is 9.10. The molecular weight excluding hydrogens is 515 g/mol. The smallest absolute Gasteiger partial charge is 0.265 e. The van der Waals surface area contributed by atoms with Crippen molar-refractivity contribution in [3.05, 3.63) is 63.9 Å². The van der Waals surface area contributed by atoms with Gasteiger partial charge in [0, 0.05) is 36.7 Å². The lowest BCUT2D eigenvalue weighted by Crippen LogP contribution is -2.55. The molecule has 0 spiro atoms. The molecule has 0 bridgehead atoms. The van der Waals surface area contributed by atoms with Gasteiger partial charge in [0.25, 0.3) is 16.0 Å². The fraction of sp³-hybridized carbons (Fsp3) is 0.435. The van der Waals surface area contributed by atoms with Crippen LogP contribution in [0.3, 0.4) is 0 Å². The summed E-state index contributed by atoms with van der Waals surface area (Å²) in [4.78, 5) is 17.0. The van der Waals surface area contributed by atoms with Crippen molar-refractivity contribution in [1.29, 1.82) is 0 Å². The van der Waals surface area contributed by atoms with Gasteiger partial charge in [0.05, 0.1) is 5.75 Å². The van der Waals surface area contributed by atoms with E-state index in [-0.39, 0.29) is 30.8 Å². The van der Waals surface area contributed by atoms with Crippen LogP contribution in [0.4, 0.5) is 4.39 Å². The van der Waals surface area contributed by atoms with Gasteiger partial charge in [-0.15, -0.1) is 0 Å². The minimum Gasteiger partial charge on any atom is -0.483 e. The molecule has 1 fully saturated rings. The van der Waals surface area contributed by atoms with Gasteiger partial charge in [0.2, 0.25) is 0 Å². The van der Waals surface area contributed by atoms with Crippen LogP contribution in [0.15, 0.2) is 46.9 Å². The van der Waals surface area contributed by atoms with E-state index in [2.05, 4.69) is 20.8 Å². The van der Waals surface area contributed by atoms with Crippen molar-refractivity contribution in [2.45, 2.75) is 32.4 Å². The first kappa shape index (κ1) is 25.6. The number of piperazine rings is 1. The maximum absolute atomic E-state index is 13.1. The number of carbonyl (C=O) groups excluding carboxylic acids is 1. The number of ether oxygens (including phenoxy) is 1. The van der Waals surface area contributed by atoms with Crippen molar-refractivity contribution >= 4 is 32.0 Å². The van der Waals surface area contributed by atoms with Crippen LogP contribution in [0.1, 0.15) is 24.5 Å². The van der Waals surface area contributed by atoms with Gasteiger partial charge in [0.1, 0.15) is 11.6 Å². The average Bonchev–Trinajstić information content (AvgIpc) is 2.77. The van der Waals surface area contributed by atoms with Gasteiger partial charge in [0.15, 0.2) is 6.61 Å². The van der Waals surface area contributed by atoms with E-state index in [0.717, 1.165) is 23.0 Å².